The van der Waals surface area contributed by atoms with Gasteiger partial charge >= 0.3 is 0 Å². The highest BCUT2D eigenvalue weighted by Crippen LogP contribution is 2.36. The predicted octanol–water partition coefficient (Wildman–Crippen LogP) is 3.00. The van der Waals surface area contributed by atoms with Crippen LogP contribution in [-0.2, 0) is 0 Å². The highest BCUT2D eigenvalue weighted by Gasteiger charge is 2.17. The van der Waals surface area contributed by atoms with Gasteiger partial charge in [0.05, 0.1) is 0 Å². The molecule has 10 heavy (non-hydrogen) atoms. The minimum atomic E-state index is 0.662. The van der Waals surface area contributed by atoms with E-state index in [1.807, 2.05) is 23.9 Å². The van der Waals surface area contributed by atoms with Crippen molar-refractivity contribution in [3.05, 3.63) is 35.8 Å². The molecule has 1 heteroatoms. The summed E-state index contributed by atoms with van der Waals surface area (Å²) in [5.74, 6) is 1.85. The number of thioether (sulfide) groups is 1. The lowest BCUT2D eigenvalue weighted by Crippen LogP contribution is -1.92. The van der Waals surface area contributed by atoms with Gasteiger partial charge in [0.25, 0.3) is 0 Å². The molecular weight excluding hydrogens is 140 g/mol. The zero-order valence-corrected chi connectivity index (χ0v) is 7.08. The second-order valence-corrected chi connectivity index (χ2v) is 3.50. The molecule has 0 nitrogen and oxygen atoms in total. The van der Waals surface area contributed by atoms with Crippen LogP contribution in [0, 0.1) is 5.92 Å². The van der Waals surface area contributed by atoms with Gasteiger partial charge in [0, 0.05) is 10.7 Å². The van der Waals surface area contributed by atoms with Gasteiger partial charge in [-0.2, -0.15) is 0 Å². The zero-order valence-electron chi connectivity index (χ0n) is 6.26. The van der Waals surface area contributed by atoms with Gasteiger partial charge in [-0.15, -0.1) is 11.8 Å². The third kappa shape index (κ3) is 1.19. The average molecular weight is 152 g/mol. The van der Waals surface area contributed by atoms with E-state index in [0.29, 0.717) is 5.92 Å². The lowest BCUT2D eigenvalue weighted by Gasteiger charge is -2.00. The molecule has 0 fully saturated rings. The Morgan fingerprint density at radius 3 is 2.60 bits per heavy atom. The van der Waals surface area contributed by atoms with Gasteiger partial charge in [0.1, 0.15) is 0 Å². The Kier molecular flexibility index (Phi) is 2.39. The van der Waals surface area contributed by atoms with Crippen molar-refractivity contribution < 1.29 is 0 Å². The van der Waals surface area contributed by atoms with E-state index >= 15 is 0 Å². The molecule has 1 heterocycles. The SMILES string of the molecule is C=CC1=C(C=C)C(C)CS1. The summed E-state index contributed by atoms with van der Waals surface area (Å²) in [6, 6.07) is 0. The Balaban J connectivity index is 2.91. The molecule has 1 aliphatic rings. The molecule has 0 bridgehead atoms. The van der Waals surface area contributed by atoms with Gasteiger partial charge in [0.2, 0.25) is 0 Å². The van der Waals surface area contributed by atoms with E-state index in [1.165, 1.54) is 16.2 Å². The standard InChI is InChI=1S/C9H12S/c1-4-8-7(3)6-10-9(8)5-2/h4-5,7H,1-2,6H2,3H3. The third-order valence-corrected chi connectivity index (χ3v) is 3.09. The maximum absolute atomic E-state index is 3.77. The topological polar surface area (TPSA) is 0 Å². The number of hydrogen-bond acceptors (Lipinski definition) is 1. The Labute approximate surface area is 66.7 Å². The summed E-state index contributed by atoms with van der Waals surface area (Å²) in [7, 11) is 0. The van der Waals surface area contributed by atoms with Gasteiger partial charge in [-0.05, 0) is 11.5 Å². The normalized spacial score (nSPS) is 25.1. The van der Waals surface area contributed by atoms with Crippen molar-refractivity contribution in [2.24, 2.45) is 5.92 Å². The van der Waals surface area contributed by atoms with E-state index in [0.717, 1.165) is 0 Å². The monoisotopic (exact) mass is 152 g/mol. The second-order valence-electron chi connectivity index (χ2n) is 2.44. The molecule has 0 aromatic rings. The maximum Gasteiger partial charge on any atom is 0.0101 e. The van der Waals surface area contributed by atoms with Crippen LogP contribution in [-0.4, -0.2) is 5.75 Å². The van der Waals surface area contributed by atoms with Gasteiger partial charge in [-0.1, -0.05) is 32.2 Å². The molecule has 0 spiro atoms. The lowest BCUT2D eigenvalue weighted by atomic mass is 10.0. The van der Waals surface area contributed by atoms with Crippen molar-refractivity contribution in [2.75, 3.05) is 5.75 Å². The van der Waals surface area contributed by atoms with E-state index in [9.17, 15) is 0 Å². The molecule has 1 unspecified atom stereocenters. The summed E-state index contributed by atoms with van der Waals surface area (Å²) in [6.45, 7) is 9.74. The van der Waals surface area contributed by atoms with Crippen molar-refractivity contribution >= 4 is 11.8 Å². The highest BCUT2D eigenvalue weighted by atomic mass is 32.2. The Bertz CT molecular complexity index is 189. The first kappa shape index (κ1) is 7.67. The summed E-state index contributed by atoms with van der Waals surface area (Å²) in [4.78, 5) is 1.31. The first-order valence-corrected chi connectivity index (χ1v) is 4.40. The van der Waals surface area contributed by atoms with Crippen molar-refractivity contribution in [3.63, 3.8) is 0 Å². The van der Waals surface area contributed by atoms with Crippen molar-refractivity contribution in [2.45, 2.75) is 6.92 Å². The van der Waals surface area contributed by atoms with Crippen molar-refractivity contribution in [1.82, 2.24) is 0 Å². The number of allylic oxidation sites excluding steroid dienone is 3. The van der Waals surface area contributed by atoms with Crippen LogP contribution in [0.15, 0.2) is 35.8 Å². The van der Waals surface area contributed by atoms with E-state index in [4.69, 9.17) is 0 Å². The van der Waals surface area contributed by atoms with Gasteiger partial charge in [-0.25, -0.2) is 0 Å². The van der Waals surface area contributed by atoms with Gasteiger partial charge < -0.3 is 0 Å². The fraction of sp³-hybridized carbons (Fsp3) is 0.333. The molecular formula is C9H12S. The molecule has 1 aliphatic heterocycles. The van der Waals surface area contributed by atoms with E-state index in [1.54, 1.807) is 0 Å². The zero-order chi connectivity index (χ0) is 7.56. The fourth-order valence-corrected chi connectivity index (χ4v) is 2.29. The van der Waals surface area contributed by atoms with Crippen LogP contribution in [0.4, 0.5) is 0 Å². The molecule has 0 saturated heterocycles. The fourth-order valence-electron chi connectivity index (χ4n) is 1.11. The molecule has 0 saturated carbocycles. The minimum Gasteiger partial charge on any atom is -0.125 e. The molecule has 0 aromatic heterocycles. The Morgan fingerprint density at radius 2 is 2.20 bits per heavy atom. The second kappa shape index (κ2) is 3.11. The molecule has 0 amide bonds. The summed E-state index contributed by atoms with van der Waals surface area (Å²) in [5, 5.41) is 0. The van der Waals surface area contributed by atoms with Crippen LogP contribution < -0.4 is 0 Å². The Morgan fingerprint density at radius 1 is 1.50 bits per heavy atom. The average Bonchev–Trinajstić information content (AvgIpc) is 2.30. The van der Waals surface area contributed by atoms with Crippen LogP contribution in [0.5, 0.6) is 0 Å². The molecule has 1 rings (SSSR count). The molecule has 0 radical (unpaired) electrons. The molecule has 54 valence electrons. The molecule has 0 N–H and O–H groups in total. The van der Waals surface area contributed by atoms with E-state index in [2.05, 4.69) is 20.1 Å². The lowest BCUT2D eigenvalue weighted by molar-refractivity contribution is 0.819. The maximum atomic E-state index is 3.77. The van der Waals surface area contributed by atoms with Crippen LogP contribution in [0.3, 0.4) is 0 Å². The van der Waals surface area contributed by atoms with Crippen LogP contribution in [0.1, 0.15) is 6.92 Å². The van der Waals surface area contributed by atoms with Crippen molar-refractivity contribution in [1.29, 1.82) is 0 Å². The summed E-state index contributed by atoms with van der Waals surface area (Å²) in [6.07, 6.45) is 3.87. The van der Waals surface area contributed by atoms with Crippen LogP contribution in [0.25, 0.3) is 0 Å². The Hall–Kier alpha value is -0.430. The third-order valence-electron chi connectivity index (χ3n) is 1.71. The van der Waals surface area contributed by atoms with E-state index < -0.39 is 0 Å². The largest absolute Gasteiger partial charge is 0.125 e. The molecule has 0 aromatic carbocycles. The smallest absolute Gasteiger partial charge is 0.0101 e. The summed E-state index contributed by atoms with van der Waals surface area (Å²) >= 11 is 1.87. The minimum absolute atomic E-state index is 0.662. The van der Waals surface area contributed by atoms with Crippen molar-refractivity contribution in [3.8, 4) is 0 Å². The number of rotatable bonds is 2. The van der Waals surface area contributed by atoms with E-state index in [-0.39, 0.29) is 0 Å². The first-order valence-electron chi connectivity index (χ1n) is 3.41. The summed E-state index contributed by atoms with van der Waals surface area (Å²) < 4.78 is 0. The van der Waals surface area contributed by atoms with Crippen LogP contribution >= 0.6 is 11.8 Å². The summed E-state index contributed by atoms with van der Waals surface area (Å²) in [5.41, 5.74) is 1.36. The van der Waals surface area contributed by atoms with Gasteiger partial charge in [0.15, 0.2) is 0 Å². The highest BCUT2D eigenvalue weighted by molar-refractivity contribution is 8.03. The van der Waals surface area contributed by atoms with Gasteiger partial charge in [-0.3, -0.25) is 0 Å². The molecule has 1 atom stereocenters. The quantitative estimate of drug-likeness (QED) is 0.586. The van der Waals surface area contributed by atoms with Crippen LogP contribution in [0.2, 0.25) is 0 Å². The number of hydrogen-bond donors (Lipinski definition) is 0. The molecule has 0 aliphatic carbocycles. The first-order chi connectivity index (χ1) is 4.79. The predicted molar refractivity (Wildman–Crippen MR) is 49.0 cm³/mol.